The van der Waals surface area contributed by atoms with E-state index in [2.05, 4.69) is 10.1 Å². The third-order valence-corrected chi connectivity index (χ3v) is 3.70. The fraction of sp³-hybridized carbons (Fsp3) is 0.200. The molecule has 0 bridgehead atoms. The van der Waals surface area contributed by atoms with Crippen molar-refractivity contribution in [1.29, 1.82) is 0 Å². The van der Waals surface area contributed by atoms with Crippen molar-refractivity contribution in [2.75, 3.05) is 0 Å². The molecule has 0 amide bonds. The Labute approximate surface area is 121 Å². The largest absolute Gasteiger partial charge is 0.361 e. The molecular weight excluding hydrogens is 274 g/mol. The summed E-state index contributed by atoms with van der Waals surface area (Å²) in [4.78, 5) is 15.7. The van der Waals surface area contributed by atoms with E-state index in [0.717, 1.165) is 22.3 Å². The summed E-state index contributed by atoms with van der Waals surface area (Å²) in [5.41, 5.74) is 2.78. The van der Waals surface area contributed by atoms with Crippen molar-refractivity contribution in [2.24, 2.45) is 0 Å². The molecule has 0 atom stereocenters. The van der Waals surface area contributed by atoms with E-state index in [0.29, 0.717) is 17.0 Å². The molecule has 3 aromatic rings. The number of nitrogens with zero attached hydrogens (tertiary/aromatic N) is 2. The number of aryl methyl sites for hydroxylation is 2. The number of hydrogen-bond donors (Lipinski definition) is 1. The van der Waals surface area contributed by atoms with Crippen molar-refractivity contribution in [3.63, 3.8) is 0 Å². The number of benzene rings is 1. The fourth-order valence-electron chi connectivity index (χ4n) is 2.42. The maximum atomic E-state index is 12.5. The van der Waals surface area contributed by atoms with E-state index >= 15 is 0 Å². The van der Waals surface area contributed by atoms with E-state index < -0.39 is 0 Å². The van der Waals surface area contributed by atoms with Crippen LogP contribution in [0.2, 0.25) is 5.02 Å². The van der Waals surface area contributed by atoms with Crippen LogP contribution in [-0.2, 0) is 6.54 Å². The molecular formula is C15H14ClN3O. The van der Waals surface area contributed by atoms with Gasteiger partial charge in [-0.1, -0.05) is 23.7 Å². The quantitative estimate of drug-likeness (QED) is 0.787. The molecule has 4 nitrogen and oxygen atoms in total. The van der Waals surface area contributed by atoms with Gasteiger partial charge in [0.15, 0.2) is 0 Å². The number of halogens is 1. The molecule has 3 rings (SSSR count). The zero-order valence-corrected chi connectivity index (χ0v) is 12.0. The predicted octanol–water partition coefficient (Wildman–Crippen LogP) is 3.04. The Morgan fingerprint density at radius 3 is 2.60 bits per heavy atom. The van der Waals surface area contributed by atoms with Crippen LogP contribution in [0.5, 0.6) is 0 Å². The minimum Gasteiger partial charge on any atom is -0.361 e. The molecule has 5 heteroatoms. The normalized spacial score (nSPS) is 11.2. The van der Waals surface area contributed by atoms with Crippen LogP contribution in [0.25, 0.3) is 10.8 Å². The highest BCUT2D eigenvalue weighted by Gasteiger charge is 2.11. The zero-order chi connectivity index (χ0) is 14.3. The van der Waals surface area contributed by atoms with E-state index in [9.17, 15) is 4.79 Å². The van der Waals surface area contributed by atoms with Gasteiger partial charge in [-0.15, -0.1) is 0 Å². The Balaban J connectivity index is 2.09. The summed E-state index contributed by atoms with van der Waals surface area (Å²) in [6.07, 6.45) is 1.74. The zero-order valence-electron chi connectivity index (χ0n) is 11.3. The molecule has 0 spiro atoms. The van der Waals surface area contributed by atoms with Gasteiger partial charge in [0.25, 0.3) is 5.56 Å². The van der Waals surface area contributed by atoms with Crippen molar-refractivity contribution in [1.82, 2.24) is 14.8 Å². The minimum atomic E-state index is -0.0701. The van der Waals surface area contributed by atoms with Gasteiger partial charge in [-0.3, -0.25) is 4.79 Å². The highest BCUT2D eigenvalue weighted by molar-refractivity contribution is 6.30. The lowest BCUT2D eigenvalue weighted by atomic mass is 10.2. The summed E-state index contributed by atoms with van der Waals surface area (Å²) in [5.74, 6) is 0. The van der Waals surface area contributed by atoms with Gasteiger partial charge in [-0.2, -0.15) is 5.10 Å². The van der Waals surface area contributed by atoms with E-state index in [1.54, 1.807) is 6.20 Å². The maximum absolute atomic E-state index is 12.5. The minimum absolute atomic E-state index is 0.0701. The summed E-state index contributed by atoms with van der Waals surface area (Å²) in [6, 6.07) is 7.42. The van der Waals surface area contributed by atoms with Crippen LogP contribution in [0.15, 0.2) is 35.3 Å². The lowest BCUT2D eigenvalue weighted by molar-refractivity contribution is 0.647. The first-order valence-corrected chi connectivity index (χ1v) is 6.73. The van der Waals surface area contributed by atoms with Crippen LogP contribution in [0.1, 0.15) is 17.0 Å². The number of aromatic nitrogens is 3. The number of nitrogens with one attached hydrogen (secondary N) is 1. The molecule has 0 aliphatic heterocycles. The van der Waals surface area contributed by atoms with Crippen molar-refractivity contribution in [2.45, 2.75) is 20.4 Å². The number of rotatable bonds is 2. The second kappa shape index (κ2) is 4.80. The molecule has 2 heterocycles. The molecule has 1 N–H and O–H groups in total. The average Bonchev–Trinajstić information content (AvgIpc) is 2.71. The monoisotopic (exact) mass is 287 g/mol. The van der Waals surface area contributed by atoms with Gasteiger partial charge in [0, 0.05) is 21.8 Å². The topological polar surface area (TPSA) is 50.7 Å². The van der Waals surface area contributed by atoms with Crippen LogP contribution in [-0.4, -0.2) is 14.8 Å². The first kappa shape index (κ1) is 12.9. The average molecular weight is 288 g/mol. The van der Waals surface area contributed by atoms with E-state index in [4.69, 9.17) is 11.6 Å². The fourth-order valence-corrected chi connectivity index (χ4v) is 2.55. The maximum Gasteiger partial charge on any atom is 0.276 e. The smallest absolute Gasteiger partial charge is 0.276 e. The molecule has 0 fully saturated rings. The second-order valence-electron chi connectivity index (χ2n) is 4.90. The van der Waals surface area contributed by atoms with Crippen LogP contribution in [0.4, 0.5) is 0 Å². The Bertz CT molecular complexity index is 831. The summed E-state index contributed by atoms with van der Waals surface area (Å²) in [7, 11) is 0. The van der Waals surface area contributed by atoms with Crippen LogP contribution in [0.3, 0.4) is 0 Å². The lowest BCUT2D eigenvalue weighted by Gasteiger charge is -2.05. The van der Waals surface area contributed by atoms with Gasteiger partial charge in [-0.05, 0) is 31.5 Å². The van der Waals surface area contributed by atoms with E-state index in [-0.39, 0.29) is 5.56 Å². The standard InChI is InChI=1S/C15H14ClN3O/c1-9-13-7-17-19(15(20)14(13)10(2)18-9)8-11-3-5-12(16)6-4-11/h3-7,18H,8H2,1-2H3. The molecule has 1 aromatic carbocycles. The van der Waals surface area contributed by atoms with Gasteiger partial charge in [-0.25, -0.2) is 4.68 Å². The second-order valence-corrected chi connectivity index (χ2v) is 5.33. The van der Waals surface area contributed by atoms with Crippen LogP contribution in [0, 0.1) is 13.8 Å². The number of hydrogen-bond acceptors (Lipinski definition) is 2. The first-order valence-electron chi connectivity index (χ1n) is 6.35. The molecule has 0 aliphatic carbocycles. The van der Waals surface area contributed by atoms with Crippen molar-refractivity contribution >= 4 is 22.4 Å². The first-order chi connectivity index (χ1) is 9.56. The van der Waals surface area contributed by atoms with Gasteiger partial charge in [0.2, 0.25) is 0 Å². The molecule has 102 valence electrons. The van der Waals surface area contributed by atoms with E-state index in [1.807, 2.05) is 38.1 Å². The van der Waals surface area contributed by atoms with Crippen molar-refractivity contribution in [3.05, 3.63) is 62.8 Å². The third-order valence-electron chi connectivity index (χ3n) is 3.44. The summed E-state index contributed by atoms with van der Waals surface area (Å²) < 4.78 is 1.48. The van der Waals surface area contributed by atoms with Gasteiger partial charge >= 0.3 is 0 Å². The Morgan fingerprint density at radius 1 is 1.20 bits per heavy atom. The summed E-state index contributed by atoms with van der Waals surface area (Å²) in [6.45, 7) is 4.29. The molecule has 0 radical (unpaired) electrons. The van der Waals surface area contributed by atoms with Crippen LogP contribution < -0.4 is 5.56 Å². The van der Waals surface area contributed by atoms with Gasteiger partial charge in [0.1, 0.15) is 0 Å². The molecule has 20 heavy (non-hydrogen) atoms. The molecule has 0 saturated heterocycles. The Hall–Kier alpha value is -2.07. The highest BCUT2D eigenvalue weighted by Crippen LogP contribution is 2.17. The Morgan fingerprint density at radius 2 is 1.90 bits per heavy atom. The SMILES string of the molecule is Cc1[nH]c(C)c2c(=O)n(Cc3ccc(Cl)cc3)ncc12. The highest BCUT2D eigenvalue weighted by atomic mass is 35.5. The number of fused-ring (bicyclic) bond motifs is 1. The number of aromatic amines is 1. The van der Waals surface area contributed by atoms with Gasteiger partial charge < -0.3 is 4.98 Å². The Kier molecular flexibility index (Phi) is 3.10. The molecule has 0 aliphatic rings. The number of H-pyrrole nitrogens is 1. The molecule has 2 aromatic heterocycles. The van der Waals surface area contributed by atoms with Crippen molar-refractivity contribution in [3.8, 4) is 0 Å². The summed E-state index contributed by atoms with van der Waals surface area (Å²) in [5, 5.41) is 6.53. The van der Waals surface area contributed by atoms with E-state index in [1.165, 1.54) is 4.68 Å². The van der Waals surface area contributed by atoms with Gasteiger partial charge in [0.05, 0.1) is 18.1 Å². The molecule has 0 unspecified atom stereocenters. The molecule has 0 saturated carbocycles. The lowest BCUT2D eigenvalue weighted by Crippen LogP contribution is -2.23. The van der Waals surface area contributed by atoms with Crippen LogP contribution >= 0.6 is 11.6 Å². The summed E-state index contributed by atoms with van der Waals surface area (Å²) >= 11 is 5.86. The van der Waals surface area contributed by atoms with Crippen molar-refractivity contribution < 1.29 is 0 Å². The third kappa shape index (κ3) is 2.12. The predicted molar refractivity (Wildman–Crippen MR) is 80.4 cm³/mol.